The molecule has 2 amide bonds. The quantitative estimate of drug-likeness (QED) is 0.711. The Balaban J connectivity index is 1.70. The third-order valence-electron chi connectivity index (χ3n) is 6.58. The molecule has 1 saturated heterocycles. The fourth-order valence-corrected chi connectivity index (χ4v) is 5.17. The standard InChI is InChI=1S/C24H24N4O3/c1-15-20(27(2)14-25-15)22(29)28-12-11-24(18-9-4-5-10-19(18)26-23(24)30)21(28)16-7-6-8-17(13-16)31-3/h4-10,13-14,21H,11-12H2,1-3H3,(H,26,30)/t21-,24+/m0/s1. The van der Waals surface area contributed by atoms with E-state index in [0.29, 0.717) is 30.1 Å². The van der Waals surface area contributed by atoms with Gasteiger partial charge in [0.05, 0.1) is 25.2 Å². The number of ether oxygens (including phenoxy) is 1. The summed E-state index contributed by atoms with van der Waals surface area (Å²) >= 11 is 0. The van der Waals surface area contributed by atoms with Gasteiger partial charge in [-0.25, -0.2) is 4.98 Å². The number of carbonyl (C=O) groups excluding carboxylic acids is 2. The van der Waals surface area contributed by atoms with Crippen LogP contribution in [0.15, 0.2) is 54.9 Å². The number of likely N-dealkylation sites (tertiary alicyclic amines) is 1. The van der Waals surface area contributed by atoms with Crippen molar-refractivity contribution in [1.82, 2.24) is 14.5 Å². The van der Waals surface area contributed by atoms with E-state index in [1.54, 1.807) is 18.0 Å². The number of anilines is 1. The van der Waals surface area contributed by atoms with Gasteiger partial charge in [0.25, 0.3) is 5.91 Å². The van der Waals surface area contributed by atoms with Crippen molar-refractivity contribution < 1.29 is 14.3 Å². The molecule has 1 spiro atoms. The Morgan fingerprint density at radius 2 is 2.03 bits per heavy atom. The minimum Gasteiger partial charge on any atom is -0.497 e. The number of carbonyl (C=O) groups is 2. The average molecular weight is 416 g/mol. The minimum absolute atomic E-state index is 0.0708. The first kappa shape index (κ1) is 19.4. The van der Waals surface area contributed by atoms with Gasteiger partial charge in [-0.2, -0.15) is 0 Å². The summed E-state index contributed by atoms with van der Waals surface area (Å²) < 4.78 is 7.19. The summed E-state index contributed by atoms with van der Waals surface area (Å²) in [5.74, 6) is 0.494. The van der Waals surface area contributed by atoms with Crippen molar-refractivity contribution in [3.8, 4) is 5.75 Å². The highest BCUT2D eigenvalue weighted by molar-refractivity contribution is 6.08. The third kappa shape index (κ3) is 2.69. The van der Waals surface area contributed by atoms with Gasteiger partial charge in [-0.15, -0.1) is 0 Å². The second kappa shape index (κ2) is 6.97. The van der Waals surface area contributed by atoms with Gasteiger partial charge in [0, 0.05) is 19.3 Å². The van der Waals surface area contributed by atoms with Crippen LogP contribution < -0.4 is 10.1 Å². The Morgan fingerprint density at radius 3 is 2.77 bits per heavy atom. The molecular formula is C24H24N4O3. The van der Waals surface area contributed by atoms with E-state index in [1.165, 1.54) is 0 Å². The van der Waals surface area contributed by atoms with E-state index in [4.69, 9.17) is 4.74 Å². The number of aryl methyl sites for hydroxylation is 2. The third-order valence-corrected chi connectivity index (χ3v) is 6.58. The molecule has 7 nitrogen and oxygen atoms in total. The Labute approximate surface area is 180 Å². The van der Waals surface area contributed by atoms with Crippen LogP contribution in [-0.2, 0) is 17.3 Å². The number of imidazole rings is 1. The van der Waals surface area contributed by atoms with Gasteiger partial charge in [0.1, 0.15) is 16.9 Å². The summed E-state index contributed by atoms with van der Waals surface area (Å²) in [4.78, 5) is 33.3. The molecule has 0 saturated carbocycles. The molecule has 7 heteroatoms. The summed E-state index contributed by atoms with van der Waals surface area (Å²) in [6, 6.07) is 14.9. The molecular weight excluding hydrogens is 392 g/mol. The monoisotopic (exact) mass is 416 g/mol. The first-order chi connectivity index (χ1) is 15.0. The first-order valence-electron chi connectivity index (χ1n) is 10.3. The van der Waals surface area contributed by atoms with Crippen LogP contribution in [0.4, 0.5) is 5.69 Å². The number of hydrogen-bond acceptors (Lipinski definition) is 4. The molecule has 0 bridgehead atoms. The second-order valence-electron chi connectivity index (χ2n) is 8.19. The number of amides is 2. The number of nitrogens with one attached hydrogen (secondary N) is 1. The zero-order valence-electron chi connectivity index (χ0n) is 17.8. The number of hydrogen-bond donors (Lipinski definition) is 1. The van der Waals surface area contributed by atoms with Crippen molar-refractivity contribution in [3.63, 3.8) is 0 Å². The van der Waals surface area contributed by atoms with E-state index in [2.05, 4.69) is 10.3 Å². The number of rotatable bonds is 3. The predicted molar refractivity (Wildman–Crippen MR) is 116 cm³/mol. The lowest BCUT2D eigenvalue weighted by Crippen LogP contribution is -2.43. The van der Waals surface area contributed by atoms with E-state index in [9.17, 15) is 9.59 Å². The van der Waals surface area contributed by atoms with E-state index in [-0.39, 0.29) is 11.8 Å². The van der Waals surface area contributed by atoms with Gasteiger partial charge in [-0.05, 0) is 42.7 Å². The summed E-state index contributed by atoms with van der Waals surface area (Å²) in [5.41, 5.74) is 2.98. The molecule has 31 heavy (non-hydrogen) atoms. The van der Waals surface area contributed by atoms with Crippen molar-refractivity contribution in [2.24, 2.45) is 7.05 Å². The smallest absolute Gasteiger partial charge is 0.272 e. The highest BCUT2D eigenvalue weighted by atomic mass is 16.5. The van der Waals surface area contributed by atoms with E-state index in [1.807, 2.05) is 67.4 Å². The van der Waals surface area contributed by atoms with Gasteiger partial charge in [0.2, 0.25) is 5.91 Å². The molecule has 3 heterocycles. The molecule has 2 atom stereocenters. The second-order valence-corrected chi connectivity index (χ2v) is 8.19. The van der Waals surface area contributed by atoms with Gasteiger partial charge in [-0.1, -0.05) is 30.3 Å². The molecule has 0 radical (unpaired) electrons. The van der Waals surface area contributed by atoms with Crippen molar-refractivity contribution in [2.45, 2.75) is 24.8 Å². The maximum absolute atomic E-state index is 13.7. The maximum atomic E-state index is 13.7. The number of aromatic nitrogens is 2. The normalized spacial score (nSPS) is 22.0. The summed E-state index contributed by atoms with van der Waals surface area (Å²) in [7, 11) is 3.43. The summed E-state index contributed by atoms with van der Waals surface area (Å²) in [6.45, 7) is 2.30. The van der Waals surface area contributed by atoms with Crippen molar-refractivity contribution in [3.05, 3.63) is 77.4 Å². The van der Waals surface area contributed by atoms with Crippen LogP contribution in [0.2, 0.25) is 0 Å². The Kier molecular flexibility index (Phi) is 4.36. The van der Waals surface area contributed by atoms with Crippen LogP contribution in [0.3, 0.4) is 0 Å². The van der Waals surface area contributed by atoms with Crippen molar-refractivity contribution >= 4 is 17.5 Å². The number of fused-ring (bicyclic) bond motifs is 2. The molecule has 1 fully saturated rings. The minimum atomic E-state index is -0.856. The molecule has 5 rings (SSSR count). The largest absolute Gasteiger partial charge is 0.497 e. The van der Waals surface area contributed by atoms with E-state index < -0.39 is 11.5 Å². The van der Waals surface area contributed by atoms with Crippen LogP contribution in [-0.4, -0.2) is 39.9 Å². The Morgan fingerprint density at radius 1 is 1.23 bits per heavy atom. The zero-order valence-corrected chi connectivity index (χ0v) is 17.8. The van der Waals surface area contributed by atoms with Crippen LogP contribution in [0, 0.1) is 6.92 Å². The Hall–Kier alpha value is -3.61. The van der Waals surface area contributed by atoms with Crippen LogP contribution >= 0.6 is 0 Å². The number of para-hydroxylation sites is 1. The molecule has 0 unspecified atom stereocenters. The van der Waals surface area contributed by atoms with Gasteiger partial charge >= 0.3 is 0 Å². The molecule has 158 valence electrons. The molecule has 3 aromatic rings. The lowest BCUT2D eigenvalue weighted by Gasteiger charge is -2.34. The van der Waals surface area contributed by atoms with Crippen molar-refractivity contribution in [1.29, 1.82) is 0 Å². The van der Waals surface area contributed by atoms with E-state index >= 15 is 0 Å². The fraction of sp³-hybridized carbons (Fsp3) is 0.292. The van der Waals surface area contributed by atoms with Gasteiger partial charge in [0.15, 0.2) is 0 Å². The van der Waals surface area contributed by atoms with Crippen LogP contribution in [0.25, 0.3) is 0 Å². The van der Waals surface area contributed by atoms with Gasteiger partial charge < -0.3 is 19.5 Å². The summed E-state index contributed by atoms with van der Waals surface area (Å²) in [6.07, 6.45) is 2.19. The van der Waals surface area contributed by atoms with Crippen LogP contribution in [0.5, 0.6) is 5.75 Å². The van der Waals surface area contributed by atoms with Crippen LogP contribution in [0.1, 0.15) is 39.8 Å². The molecule has 1 N–H and O–H groups in total. The lowest BCUT2D eigenvalue weighted by molar-refractivity contribution is -0.121. The maximum Gasteiger partial charge on any atom is 0.272 e. The molecule has 1 aromatic heterocycles. The number of methoxy groups -OCH3 is 1. The topological polar surface area (TPSA) is 76.5 Å². The zero-order chi connectivity index (χ0) is 21.8. The fourth-order valence-electron chi connectivity index (χ4n) is 5.17. The molecule has 2 aliphatic rings. The average Bonchev–Trinajstić information content (AvgIpc) is 3.43. The SMILES string of the molecule is COc1cccc([C@@H]2N(C(=O)c3c(C)ncn3C)CC[C@]23C(=O)Nc2ccccc23)c1. The highest BCUT2D eigenvalue weighted by Crippen LogP contribution is 2.55. The summed E-state index contributed by atoms with van der Waals surface area (Å²) in [5, 5.41) is 3.05. The highest BCUT2D eigenvalue weighted by Gasteiger charge is 2.59. The predicted octanol–water partition coefficient (Wildman–Crippen LogP) is 3.21. The molecule has 2 aromatic carbocycles. The van der Waals surface area contributed by atoms with E-state index in [0.717, 1.165) is 16.8 Å². The Bertz CT molecular complexity index is 1180. The molecule has 0 aliphatic carbocycles. The number of benzene rings is 2. The van der Waals surface area contributed by atoms with Gasteiger partial charge in [-0.3, -0.25) is 9.59 Å². The lowest BCUT2D eigenvalue weighted by atomic mass is 9.72. The first-order valence-corrected chi connectivity index (χ1v) is 10.3. The van der Waals surface area contributed by atoms with Crippen molar-refractivity contribution in [2.75, 3.05) is 19.0 Å². The number of nitrogens with zero attached hydrogens (tertiary/aromatic N) is 3. The molecule has 2 aliphatic heterocycles.